The molecule has 0 saturated carbocycles. The van der Waals surface area contributed by atoms with Crippen LogP contribution < -0.4 is 20.0 Å². The molecule has 0 aliphatic carbocycles. The number of nitrogens with zero attached hydrogens (tertiary/aromatic N) is 1. The minimum Gasteiger partial charge on any atom is 0 e. The summed E-state index contributed by atoms with van der Waals surface area (Å²) in [5.41, 5.74) is 9.88. The van der Waals surface area contributed by atoms with Gasteiger partial charge in [0.25, 0.3) is 0 Å². The number of hydrazine groups is 1. The van der Waals surface area contributed by atoms with Crippen LogP contribution >= 0.6 is 0 Å². The number of hydrogen-bond donors (Lipinski definition) is 4. The Hall–Kier alpha value is 3.26. The van der Waals surface area contributed by atoms with Crippen molar-refractivity contribution in [1.82, 2.24) is 13.6 Å². The molecule has 0 aliphatic heterocycles. The molecule has 0 aromatic carbocycles. The largest absolute Gasteiger partial charge is 0 e. The van der Waals surface area contributed by atoms with Crippen LogP contribution in [0.5, 0.6) is 0 Å². The molecule has 0 spiro atoms. The predicted molar refractivity (Wildman–Crippen MR) is 80.0 cm³/mol. The molecule has 0 aliphatic rings. The zero-order chi connectivity index (χ0) is 14.6. The van der Waals surface area contributed by atoms with Crippen LogP contribution in [0, 0.1) is 0 Å². The van der Waals surface area contributed by atoms with E-state index in [0.29, 0.717) is 6.42 Å². The first-order valence-electron chi connectivity index (χ1n) is 4.95. The molecule has 0 heterocycles. The van der Waals surface area contributed by atoms with Crippen molar-refractivity contribution >= 4 is 69.2 Å². The van der Waals surface area contributed by atoms with Gasteiger partial charge in [-0.2, -0.15) is 0 Å². The summed E-state index contributed by atoms with van der Waals surface area (Å²) < 4.78 is 6.24. The van der Waals surface area contributed by atoms with Crippen molar-refractivity contribution in [3.05, 3.63) is 0 Å². The monoisotopic (exact) mass is 685 g/mol. The first-order valence-corrected chi connectivity index (χ1v) is 20.1. The van der Waals surface area contributed by atoms with Gasteiger partial charge in [-0.3, -0.25) is 0 Å². The van der Waals surface area contributed by atoms with Gasteiger partial charge in [0.2, 0.25) is 0 Å². The summed E-state index contributed by atoms with van der Waals surface area (Å²) in [4.78, 5) is 20.5. The van der Waals surface area contributed by atoms with E-state index in [0.717, 1.165) is 0 Å². The van der Waals surface area contributed by atoms with E-state index in [1.165, 1.54) is 0 Å². The number of amides is 2. The average Bonchev–Trinajstić information content (AvgIpc) is 2.16. The van der Waals surface area contributed by atoms with Gasteiger partial charge in [0, 0.05) is 65.4 Å². The van der Waals surface area contributed by atoms with E-state index in [2.05, 4.69) is 38.1 Å². The van der Waals surface area contributed by atoms with Crippen LogP contribution in [0.2, 0.25) is 0 Å². The zero-order valence-electron chi connectivity index (χ0n) is 11.6. The molecule has 0 rings (SSSR count). The number of nitrogens with one attached hydrogen (secondary N) is 2. The molecule has 0 fully saturated rings. The number of carbonyl (C=O) groups excluding carboxylic acids is 2. The summed E-state index contributed by atoms with van der Waals surface area (Å²) in [6.07, 6.45) is 0.456. The van der Waals surface area contributed by atoms with Gasteiger partial charge < -0.3 is 0 Å². The minimum atomic E-state index is -0.301. The number of rotatable bonds is 8. The molecule has 0 aromatic rings. The van der Waals surface area contributed by atoms with Gasteiger partial charge in [-0.05, 0) is 0 Å². The fraction of sp³-hybridized carbons (Fsp3) is 0.714. The number of hydrogen-bond acceptors (Lipinski definition) is 5. The van der Waals surface area contributed by atoms with Crippen LogP contribution in [0.1, 0.15) is 13.3 Å². The second-order valence-corrected chi connectivity index (χ2v) is 11.0. The maximum absolute atomic E-state index is 10.3. The van der Waals surface area contributed by atoms with Gasteiger partial charge in [-0.15, -0.1) is 0 Å². The fourth-order valence-electron chi connectivity index (χ4n) is 0.845. The Kier molecular flexibility index (Phi) is 34.6. The van der Waals surface area contributed by atoms with E-state index in [1.54, 1.807) is 12.1 Å². The topological polar surface area (TPSA) is 113 Å². The smallest absolute Gasteiger partial charge is 0 e. The molecule has 7 nitrogen and oxygen atoms in total. The standard InChI is InChI=1S/C4H11As2N2O.C3H10As2N3O.2Y/c1-3(8-6-5)2-4(7)9;1-8(7-5-4)2-3(6)9;;/h3,5-6,8H,2H2,1H3,(H2,7,9);4-5,7H,2H2,1H3,(H2,6,9);;. The van der Waals surface area contributed by atoms with Crippen LogP contribution in [0.25, 0.3) is 0 Å². The molecule has 4 radical (unpaired) electrons. The van der Waals surface area contributed by atoms with Crippen LogP contribution in [-0.2, 0) is 75.0 Å². The number of carbonyl (C=O) groups is 2. The minimum absolute atomic E-state index is 0. The quantitative estimate of drug-likeness (QED) is 0.151. The van der Waals surface area contributed by atoms with Crippen LogP contribution in [0.15, 0.2) is 0 Å². The number of nitrogens with two attached hydrogens (primary N) is 2. The first kappa shape index (κ1) is 31.1. The number of primary amides is 2. The molecular weight excluding hydrogens is 664 g/mol. The van der Waals surface area contributed by atoms with E-state index < -0.39 is 0 Å². The SMILES string of the molecule is CC(CC(N)=O)N[AsH][AsH].CN(CC(N)=O)N[AsH][AsH].[Y].[Y]. The third-order valence-electron chi connectivity index (χ3n) is 1.47. The van der Waals surface area contributed by atoms with Gasteiger partial charge in [-0.25, -0.2) is 0 Å². The molecule has 6 N–H and O–H groups in total. The predicted octanol–water partition coefficient (Wildman–Crippen LogP) is -4.92. The van der Waals surface area contributed by atoms with E-state index in [-0.39, 0.29) is 118 Å². The molecular formula is C7H21As4N5O2Y2. The summed E-state index contributed by atoms with van der Waals surface area (Å²) in [7, 11) is 1.80. The Bertz CT molecular complexity index is 231. The number of likely N-dealkylation sites (N-methyl/N-ethyl adjacent to an activating group) is 1. The third kappa shape index (κ3) is 29.3. The summed E-state index contributed by atoms with van der Waals surface area (Å²) >= 11 is 4.06. The second kappa shape index (κ2) is 22.3. The van der Waals surface area contributed by atoms with E-state index >= 15 is 0 Å². The van der Waals surface area contributed by atoms with Crippen LogP contribution in [-0.4, -0.2) is 93.9 Å². The molecule has 0 bridgehead atoms. The van der Waals surface area contributed by atoms with Crippen LogP contribution in [0.4, 0.5) is 0 Å². The van der Waals surface area contributed by atoms with Crippen molar-refractivity contribution in [2.45, 2.75) is 19.4 Å². The molecule has 0 saturated heterocycles. The molecule has 3 atom stereocenters. The molecule has 3 unspecified atom stereocenters. The Morgan fingerprint density at radius 1 is 1.20 bits per heavy atom. The Labute approximate surface area is 198 Å². The van der Waals surface area contributed by atoms with Gasteiger partial charge in [0.05, 0.1) is 0 Å². The van der Waals surface area contributed by atoms with E-state index in [4.69, 9.17) is 11.5 Å². The van der Waals surface area contributed by atoms with Gasteiger partial charge in [-0.1, -0.05) is 0 Å². The Morgan fingerprint density at radius 3 is 2.00 bits per heavy atom. The normalized spacial score (nSPS) is 11.7. The van der Waals surface area contributed by atoms with Crippen molar-refractivity contribution in [2.75, 3.05) is 13.6 Å². The summed E-state index contributed by atoms with van der Waals surface area (Å²) in [6.45, 7) is 2.26. The Morgan fingerprint density at radius 2 is 1.70 bits per heavy atom. The average molecular weight is 685 g/mol. The van der Waals surface area contributed by atoms with E-state index in [1.807, 2.05) is 6.92 Å². The molecule has 112 valence electrons. The Balaban J connectivity index is -0.000000116. The van der Waals surface area contributed by atoms with Crippen molar-refractivity contribution in [3.63, 3.8) is 0 Å². The van der Waals surface area contributed by atoms with Crippen molar-refractivity contribution in [3.8, 4) is 0 Å². The zero-order valence-corrected chi connectivity index (χ0v) is 25.6. The molecule has 2 amide bonds. The van der Waals surface area contributed by atoms with Gasteiger partial charge in [0.1, 0.15) is 0 Å². The third-order valence-corrected chi connectivity index (χ3v) is 6.63. The second-order valence-electron chi connectivity index (χ2n) is 3.40. The summed E-state index contributed by atoms with van der Waals surface area (Å²) in [5.74, 6) is -0.528. The molecule has 0 aromatic heterocycles. The first-order chi connectivity index (χ1) is 8.33. The molecule has 20 heavy (non-hydrogen) atoms. The molecule has 13 heteroatoms. The van der Waals surface area contributed by atoms with Crippen molar-refractivity contribution in [1.29, 1.82) is 0 Å². The van der Waals surface area contributed by atoms with Crippen molar-refractivity contribution < 1.29 is 75.0 Å². The maximum Gasteiger partial charge on any atom is 0 e. The maximum atomic E-state index is 10.3. The summed E-state index contributed by atoms with van der Waals surface area (Å²) in [6, 6.07) is 0.271. The summed E-state index contributed by atoms with van der Waals surface area (Å²) in [5, 5.41) is 1.71. The van der Waals surface area contributed by atoms with Gasteiger partial charge in [0.15, 0.2) is 0 Å². The fourth-order valence-corrected chi connectivity index (χ4v) is 6.91. The van der Waals surface area contributed by atoms with Crippen LogP contribution in [0.3, 0.4) is 0 Å². The van der Waals surface area contributed by atoms with Crippen molar-refractivity contribution in [2.24, 2.45) is 11.5 Å². The van der Waals surface area contributed by atoms with Gasteiger partial charge >= 0.3 is 137 Å². The van der Waals surface area contributed by atoms with E-state index in [9.17, 15) is 9.59 Å².